The highest BCUT2D eigenvalue weighted by Crippen LogP contribution is 2.25. The zero-order chi connectivity index (χ0) is 14.5. The van der Waals surface area contributed by atoms with Crippen molar-refractivity contribution in [2.75, 3.05) is 58.3 Å². The van der Waals surface area contributed by atoms with Crippen molar-refractivity contribution < 1.29 is 0 Å². The quantitative estimate of drug-likeness (QED) is 0.849. The van der Waals surface area contributed by atoms with Gasteiger partial charge in [-0.2, -0.15) is 5.26 Å². The second kappa shape index (κ2) is 6.94. The van der Waals surface area contributed by atoms with Crippen LogP contribution in [0.25, 0.3) is 0 Å². The third-order valence-electron chi connectivity index (χ3n) is 3.66. The van der Waals surface area contributed by atoms with Crippen LogP contribution in [0.4, 0.5) is 5.69 Å². The Morgan fingerprint density at radius 3 is 2.55 bits per heavy atom. The molecule has 1 aliphatic heterocycles. The average molecular weight is 293 g/mol. The molecule has 0 atom stereocenters. The summed E-state index contributed by atoms with van der Waals surface area (Å²) >= 11 is 6.05. The maximum absolute atomic E-state index is 9.20. The maximum Gasteiger partial charge on any atom is 0.101 e. The van der Waals surface area contributed by atoms with Gasteiger partial charge in [-0.15, -0.1) is 0 Å². The number of hydrogen-bond acceptors (Lipinski definition) is 4. The molecule has 0 aliphatic carbocycles. The van der Waals surface area contributed by atoms with Gasteiger partial charge in [0.05, 0.1) is 11.3 Å². The summed E-state index contributed by atoms with van der Waals surface area (Å²) in [5, 5.41) is 9.89. The Kier molecular flexibility index (Phi) is 5.24. The third kappa shape index (κ3) is 3.86. The highest BCUT2D eigenvalue weighted by molar-refractivity contribution is 6.30. The van der Waals surface area contributed by atoms with Gasteiger partial charge in [-0.1, -0.05) is 11.6 Å². The van der Waals surface area contributed by atoms with E-state index in [1.165, 1.54) is 0 Å². The fourth-order valence-corrected chi connectivity index (χ4v) is 2.58. The molecule has 1 aromatic rings. The molecule has 1 aromatic carbocycles. The van der Waals surface area contributed by atoms with Gasteiger partial charge in [-0.25, -0.2) is 0 Å². The van der Waals surface area contributed by atoms with E-state index in [0.717, 1.165) is 45.0 Å². The van der Waals surface area contributed by atoms with Crippen LogP contribution in [0, 0.1) is 11.3 Å². The lowest BCUT2D eigenvalue weighted by atomic mass is 10.1. The number of likely N-dealkylation sites (N-methyl/N-ethyl adjacent to an activating group) is 1. The topological polar surface area (TPSA) is 33.5 Å². The van der Waals surface area contributed by atoms with Gasteiger partial charge in [0.1, 0.15) is 6.07 Å². The van der Waals surface area contributed by atoms with E-state index in [1.54, 1.807) is 12.1 Å². The maximum atomic E-state index is 9.20. The van der Waals surface area contributed by atoms with E-state index in [-0.39, 0.29) is 0 Å². The van der Waals surface area contributed by atoms with Crippen molar-refractivity contribution in [3.63, 3.8) is 0 Å². The number of anilines is 1. The number of nitriles is 1. The van der Waals surface area contributed by atoms with Crippen LogP contribution in [0.15, 0.2) is 18.2 Å². The van der Waals surface area contributed by atoms with E-state index in [9.17, 15) is 5.26 Å². The van der Waals surface area contributed by atoms with Crippen LogP contribution in [0.2, 0.25) is 5.02 Å². The zero-order valence-electron chi connectivity index (χ0n) is 12.1. The summed E-state index contributed by atoms with van der Waals surface area (Å²) in [6, 6.07) is 7.73. The summed E-state index contributed by atoms with van der Waals surface area (Å²) < 4.78 is 0. The summed E-state index contributed by atoms with van der Waals surface area (Å²) in [6.45, 7) is 6.14. The fraction of sp³-hybridized carbons (Fsp3) is 0.533. The molecule has 0 unspecified atom stereocenters. The van der Waals surface area contributed by atoms with Gasteiger partial charge >= 0.3 is 0 Å². The van der Waals surface area contributed by atoms with Gasteiger partial charge in [0.25, 0.3) is 0 Å². The van der Waals surface area contributed by atoms with Gasteiger partial charge in [-0.3, -0.25) is 4.90 Å². The van der Waals surface area contributed by atoms with Gasteiger partial charge in [0.15, 0.2) is 0 Å². The van der Waals surface area contributed by atoms with Crippen molar-refractivity contribution in [1.82, 2.24) is 9.80 Å². The van der Waals surface area contributed by atoms with Crippen molar-refractivity contribution >= 4 is 17.3 Å². The van der Waals surface area contributed by atoms with Crippen molar-refractivity contribution in [2.45, 2.75) is 0 Å². The molecule has 0 amide bonds. The van der Waals surface area contributed by atoms with Gasteiger partial charge < -0.3 is 9.80 Å². The van der Waals surface area contributed by atoms with Crippen molar-refractivity contribution in [3.05, 3.63) is 28.8 Å². The first kappa shape index (κ1) is 15.1. The first-order valence-corrected chi connectivity index (χ1v) is 7.29. The lowest BCUT2D eigenvalue weighted by Crippen LogP contribution is -2.48. The Morgan fingerprint density at radius 1 is 1.25 bits per heavy atom. The minimum Gasteiger partial charge on any atom is -0.368 e. The molecular weight excluding hydrogens is 272 g/mol. The van der Waals surface area contributed by atoms with Crippen LogP contribution in [0.1, 0.15) is 5.56 Å². The Bertz CT molecular complexity index is 487. The standard InChI is InChI=1S/C15H21ClN4/c1-18(2)5-6-19-7-9-20(10-8-19)15-11-14(16)4-3-13(15)12-17/h3-4,11H,5-10H2,1-2H3. The minimum absolute atomic E-state index is 0.689. The minimum atomic E-state index is 0.689. The summed E-state index contributed by atoms with van der Waals surface area (Å²) in [7, 11) is 4.20. The normalized spacial score (nSPS) is 16.4. The van der Waals surface area contributed by atoms with Crippen molar-refractivity contribution in [1.29, 1.82) is 5.26 Å². The first-order chi connectivity index (χ1) is 9.60. The molecule has 0 bridgehead atoms. The zero-order valence-corrected chi connectivity index (χ0v) is 12.9. The molecule has 1 aliphatic rings. The van der Waals surface area contributed by atoms with Gasteiger partial charge in [0, 0.05) is 44.3 Å². The van der Waals surface area contributed by atoms with E-state index in [1.807, 2.05) is 6.07 Å². The number of piperazine rings is 1. The van der Waals surface area contributed by atoms with Crippen molar-refractivity contribution in [2.24, 2.45) is 0 Å². The monoisotopic (exact) mass is 292 g/mol. The van der Waals surface area contributed by atoms with E-state index in [4.69, 9.17) is 11.6 Å². The second-order valence-corrected chi connectivity index (χ2v) is 5.84. The van der Waals surface area contributed by atoms with Crippen LogP contribution in [0.3, 0.4) is 0 Å². The van der Waals surface area contributed by atoms with E-state index in [0.29, 0.717) is 10.6 Å². The van der Waals surface area contributed by atoms with Crippen LogP contribution >= 0.6 is 11.6 Å². The molecule has 20 heavy (non-hydrogen) atoms. The molecule has 0 spiro atoms. The molecular formula is C15H21ClN4. The van der Waals surface area contributed by atoms with E-state index in [2.05, 4.69) is 34.9 Å². The molecule has 1 saturated heterocycles. The molecule has 1 fully saturated rings. The van der Waals surface area contributed by atoms with E-state index < -0.39 is 0 Å². The van der Waals surface area contributed by atoms with Crippen molar-refractivity contribution in [3.8, 4) is 6.07 Å². The molecule has 0 radical (unpaired) electrons. The van der Waals surface area contributed by atoms with E-state index >= 15 is 0 Å². The molecule has 0 saturated carbocycles. The molecule has 0 N–H and O–H groups in total. The molecule has 5 heteroatoms. The van der Waals surface area contributed by atoms with Gasteiger partial charge in [-0.05, 0) is 32.3 Å². The number of halogens is 1. The Morgan fingerprint density at radius 2 is 1.95 bits per heavy atom. The number of rotatable bonds is 4. The lowest BCUT2D eigenvalue weighted by molar-refractivity contribution is 0.229. The molecule has 108 valence electrons. The number of nitrogens with zero attached hydrogens (tertiary/aromatic N) is 4. The van der Waals surface area contributed by atoms with Crippen LogP contribution in [-0.4, -0.2) is 63.2 Å². The third-order valence-corrected chi connectivity index (χ3v) is 3.89. The Hall–Kier alpha value is -1.28. The van der Waals surface area contributed by atoms with Gasteiger partial charge in [0.2, 0.25) is 0 Å². The predicted molar refractivity (Wildman–Crippen MR) is 83.4 cm³/mol. The fourth-order valence-electron chi connectivity index (χ4n) is 2.41. The summed E-state index contributed by atoms with van der Waals surface area (Å²) in [6.07, 6.45) is 0. The number of hydrogen-bond donors (Lipinski definition) is 0. The first-order valence-electron chi connectivity index (χ1n) is 6.92. The largest absolute Gasteiger partial charge is 0.368 e. The Balaban J connectivity index is 1.97. The second-order valence-electron chi connectivity index (χ2n) is 5.41. The smallest absolute Gasteiger partial charge is 0.101 e. The summed E-state index contributed by atoms with van der Waals surface area (Å²) in [5.74, 6) is 0. The molecule has 1 heterocycles. The summed E-state index contributed by atoms with van der Waals surface area (Å²) in [4.78, 5) is 6.93. The molecule has 2 rings (SSSR count). The summed E-state index contributed by atoms with van der Waals surface area (Å²) in [5.41, 5.74) is 1.67. The molecule has 0 aromatic heterocycles. The average Bonchev–Trinajstić information content (AvgIpc) is 2.45. The number of benzene rings is 1. The molecule has 4 nitrogen and oxygen atoms in total. The highest BCUT2D eigenvalue weighted by Gasteiger charge is 2.19. The highest BCUT2D eigenvalue weighted by atomic mass is 35.5. The van der Waals surface area contributed by atoms with Crippen LogP contribution in [0.5, 0.6) is 0 Å². The van der Waals surface area contributed by atoms with Crippen LogP contribution < -0.4 is 4.90 Å². The Labute approximate surface area is 126 Å². The van der Waals surface area contributed by atoms with Crippen LogP contribution in [-0.2, 0) is 0 Å². The lowest BCUT2D eigenvalue weighted by Gasteiger charge is -2.36. The SMILES string of the molecule is CN(C)CCN1CCN(c2cc(Cl)ccc2C#N)CC1. The predicted octanol–water partition coefficient (Wildman–Crippen LogP) is 1.90.